The molecule has 2 aromatic carbocycles. The summed E-state index contributed by atoms with van der Waals surface area (Å²) >= 11 is 6.57. The lowest BCUT2D eigenvalue weighted by Gasteiger charge is -2.32. The van der Waals surface area contributed by atoms with Crippen molar-refractivity contribution in [1.82, 2.24) is 14.9 Å². The summed E-state index contributed by atoms with van der Waals surface area (Å²) in [4.78, 5) is 14.2. The maximum absolute atomic E-state index is 6.57. The standard InChI is InChI=1S/C24H27ClN4O/c1-16-19-11-13-29(22-10-4-7-17-6-3-9-20(25)23(17)22)14-21(19)27-24(26-16)30-15-18-8-5-12-28(18)2/h3-4,6-7,9-10,18H,5,8,11-15H2,1-2H3/t18-/m1/s1. The van der Waals surface area contributed by atoms with E-state index >= 15 is 0 Å². The third-order valence-corrected chi connectivity index (χ3v) is 6.82. The van der Waals surface area contributed by atoms with Gasteiger partial charge >= 0.3 is 6.01 Å². The fraction of sp³-hybridized carbons (Fsp3) is 0.417. The van der Waals surface area contributed by atoms with Crippen LogP contribution in [0.25, 0.3) is 10.8 Å². The van der Waals surface area contributed by atoms with E-state index in [1.54, 1.807) is 0 Å². The van der Waals surface area contributed by atoms with Crippen molar-refractivity contribution < 1.29 is 4.74 Å². The first kappa shape index (κ1) is 19.6. The van der Waals surface area contributed by atoms with Gasteiger partial charge in [-0.3, -0.25) is 0 Å². The lowest BCUT2D eigenvalue weighted by Crippen LogP contribution is -2.33. The zero-order valence-electron chi connectivity index (χ0n) is 17.6. The number of hydrogen-bond donors (Lipinski definition) is 0. The first-order valence-corrected chi connectivity index (χ1v) is 11.1. The monoisotopic (exact) mass is 422 g/mol. The van der Waals surface area contributed by atoms with E-state index < -0.39 is 0 Å². The highest BCUT2D eigenvalue weighted by atomic mass is 35.5. The van der Waals surface area contributed by atoms with Gasteiger partial charge in [-0.1, -0.05) is 35.9 Å². The average Bonchev–Trinajstić information content (AvgIpc) is 3.16. The zero-order valence-corrected chi connectivity index (χ0v) is 18.3. The van der Waals surface area contributed by atoms with Crippen LogP contribution in [0.1, 0.15) is 29.8 Å². The highest BCUT2D eigenvalue weighted by molar-refractivity contribution is 6.36. The third kappa shape index (κ3) is 3.61. The first-order valence-electron chi connectivity index (χ1n) is 10.7. The molecule has 0 amide bonds. The number of nitrogens with zero attached hydrogens (tertiary/aromatic N) is 4. The molecule has 2 aliphatic rings. The second-order valence-electron chi connectivity index (χ2n) is 8.39. The van der Waals surface area contributed by atoms with Crippen LogP contribution in [0, 0.1) is 6.92 Å². The van der Waals surface area contributed by atoms with Gasteiger partial charge in [-0.15, -0.1) is 0 Å². The van der Waals surface area contributed by atoms with Gasteiger partial charge < -0.3 is 14.5 Å². The Bertz CT molecular complexity index is 1080. The fourth-order valence-corrected chi connectivity index (χ4v) is 5.04. The van der Waals surface area contributed by atoms with Crippen molar-refractivity contribution in [2.45, 2.75) is 38.8 Å². The van der Waals surface area contributed by atoms with E-state index in [1.165, 1.54) is 18.4 Å². The van der Waals surface area contributed by atoms with E-state index in [0.29, 0.717) is 18.7 Å². The topological polar surface area (TPSA) is 41.5 Å². The van der Waals surface area contributed by atoms with Crippen LogP contribution in [0.15, 0.2) is 36.4 Å². The molecule has 0 radical (unpaired) electrons. The fourth-order valence-electron chi connectivity index (χ4n) is 4.76. The molecule has 0 unspecified atom stereocenters. The lowest BCUT2D eigenvalue weighted by atomic mass is 10.0. The average molecular weight is 423 g/mol. The van der Waals surface area contributed by atoms with Gasteiger partial charge in [0.1, 0.15) is 6.61 Å². The van der Waals surface area contributed by atoms with E-state index in [9.17, 15) is 0 Å². The molecule has 5 rings (SSSR count). The van der Waals surface area contributed by atoms with Crippen molar-refractivity contribution in [2.75, 3.05) is 31.6 Å². The normalized spacial score (nSPS) is 19.3. The predicted molar refractivity (Wildman–Crippen MR) is 122 cm³/mol. The van der Waals surface area contributed by atoms with Crippen LogP contribution in [0.2, 0.25) is 5.02 Å². The Morgan fingerprint density at radius 1 is 1.13 bits per heavy atom. The number of rotatable bonds is 4. The van der Waals surface area contributed by atoms with Crippen molar-refractivity contribution in [3.63, 3.8) is 0 Å². The maximum Gasteiger partial charge on any atom is 0.316 e. The zero-order chi connectivity index (χ0) is 20.7. The SMILES string of the molecule is Cc1nc(OC[C@H]2CCCN2C)nc2c1CCN(c1cccc3cccc(Cl)c13)C2. The minimum Gasteiger partial charge on any atom is -0.462 e. The van der Waals surface area contributed by atoms with Crippen LogP contribution in [0.5, 0.6) is 6.01 Å². The number of anilines is 1. The van der Waals surface area contributed by atoms with Gasteiger partial charge in [0, 0.05) is 29.4 Å². The summed E-state index contributed by atoms with van der Waals surface area (Å²) in [5.41, 5.74) is 4.51. The van der Waals surface area contributed by atoms with Crippen molar-refractivity contribution in [2.24, 2.45) is 0 Å². The van der Waals surface area contributed by atoms with Crippen molar-refractivity contribution in [1.29, 1.82) is 0 Å². The largest absolute Gasteiger partial charge is 0.462 e. The summed E-state index contributed by atoms with van der Waals surface area (Å²) in [6.07, 6.45) is 3.33. The number of fused-ring (bicyclic) bond motifs is 2. The predicted octanol–water partition coefficient (Wildman–Crippen LogP) is 4.63. The number of likely N-dealkylation sites (tertiary alicyclic amines) is 1. The molecule has 0 N–H and O–H groups in total. The molecule has 1 fully saturated rings. The molecule has 1 aromatic heterocycles. The Hall–Kier alpha value is -2.37. The summed E-state index contributed by atoms with van der Waals surface area (Å²) in [6, 6.07) is 13.4. The number of ether oxygens (including phenoxy) is 1. The molecule has 1 atom stereocenters. The molecule has 0 bridgehead atoms. The van der Waals surface area contributed by atoms with Gasteiger partial charge in [0.25, 0.3) is 0 Å². The van der Waals surface area contributed by atoms with Crippen LogP contribution in [-0.2, 0) is 13.0 Å². The summed E-state index contributed by atoms with van der Waals surface area (Å²) in [6.45, 7) is 5.52. The maximum atomic E-state index is 6.57. The molecule has 5 nitrogen and oxygen atoms in total. The summed E-state index contributed by atoms with van der Waals surface area (Å²) in [7, 11) is 2.16. The Kier molecular flexibility index (Phi) is 5.25. The molecule has 30 heavy (non-hydrogen) atoms. The van der Waals surface area contributed by atoms with Gasteiger partial charge in [-0.05, 0) is 62.9 Å². The molecular formula is C24H27ClN4O. The van der Waals surface area contributed by atoms with Crippen LogP contribution in [-0.4, -0.2) is 47.7 Å². The van der Waals surface area contributed by atoms with Crippen LogP contribution < -0.4 is 9.64 Å². The smallest absolute Gasteiger partial charge is 0.316 e. The number of benzene rings is 2. The molecule has 3 aromatic rings. The number of aryl methyl sites for hydroxylation is 1. The van der Waals surface area contributed by atoms with Gasteiger partial charge in [-0.2, -0.15) is 4.98 Å². The van der Waals surface area contributed by atoms with Gasteiger partial charge in [0.05, 0.1) is 17.3 Å². The molecule has 0 aliphatic carbocycles. The van der Waals surface area contributed by atoms with Crippen molar-refractivity contribution in [3.8, 4) is 6.01 Å². The second kappa shape index (κ2) is 8.05. The molecule has 0 saturated carbocycles. The Balaban J connectivity index is 1.41. The number of hydrogen-bond acceptors (Lipinski definition) is 5. The summed E-state index contributed by atoms with van der Waals surface area (Å²) < 4.78 is 6.03. The number of aromatic nitrogens is 2. The quantitative estimate of drug-likeness (QED) is 0.613. The highest BCUT2D eigenvalue weighted by Gasteiger charge is 2.25. The number of halogens is 1. The van der Waals surface area contributed by atoms with Gasteiger partial charge in [-0.25, -0.2) is 4.98 Å². The first-order chi connectivity index (χ1) is 14.6. The second-order valence-corrected chi connectivity index (χ2v) is 8.80. The number of likely N-dealkylation sites (N-methyl/N-ethyl adjacent to an activating group) is 1. The molecule has 156 valence electrons. The van der Waals surface area contributed by atoms with E-state index in [4.69, 9.17) is 21.3 Å². The van der Waals surface area contributed by atoms with E-state index in [1.807, 2.05) is 12.1 Å². The minimum atomic E-state index is 0.458. The van der Waals surface area contributed by atoms with Gasteiger partial charge in [0.15, 0.2) is 0 Å². The molecule has 0 spiro atoms. The lowest BCUT2D eigenvalue weighted by molar-refractivity contribution is 0.187. The van der Waals surface area contributed by atoms with Crippen molar-refractivity contribution in [3.05, 3.63) is 58.4 Å². The van der Waals surface area contributed by atoms with E-state index in [0.717, 1.165) is 58.9 Å². The Labute approximate surface area is 182 Å². The Morgan fingerprint density at radius 2 is 1.97 bits per heavy atom. The molecule has 6 heteroatoms. The Morgan fingerprint density at radius 3 is 2.77 bits per heavy atom. The summed E-state index contributed by atoms with van der Waals surface area (Å²) in [5.74, 6) is 0. The van der Waals surface area contributed by atoms with Crippen LogP contribution >= 0.6 is 11.6 Å². The highest BCUT2D eigenvalue weighted by Crippen LogP contribution is 2.35. The van der Waals surface area contributed by atoms with E-state index in [-0.39, 0.29) is 0 Å². The molecule has 2 aliphatic heterocycles. The molecular weight excluding hydrogens is 396 g/mol. The summed E-state index contributed by atoms with van der Waals surface area (Å²) in [5, 5.41) is 3.06. The van der Waals surface area contributed by atoms with Crippen LogP contribution in [0.3, 0.4) is 0 Å². The van der Waals surface area contributed by atoms with E-state index in [2.05, 4.69) is 53.0 Å². The minimum absolute atomic E-state index is 0.458. The molecule has 1 saturated heterocycles. The molecule has 3 heterocycles. The third-order valence-electron chi connectivity index (χ3n) is 6.50. The van der Waals surface area contributed by atoms with Crippen molar-refractivity contribution >= 4 is 28.1 Å². The van der Waals surface area contributed by atoms with Crippen LogP contribution in [0.4, 0.5) is 5.69 Å². The van der Waals surface area contributed by atoms with Gasteiger partial charge in [0.2, 0.25) is 0 Å².